The highest BCUT2D eigenvalue weighted by atomic mass is 35.5. The Morgan fingerprint density at radius 1 is 1.44 bits per heavy atom. The van der Waals surface area contributed by atoms with Crippen LogP contribution in [0.25, 0.3) is 11.5 Å². The van der Waals surface area contributed by atoms with Crippen LogP contribution in [0.1, 0.15) is 16.2 Å². The van der Waals surface area contributed by atoms with Crippen LogP contribution in [0, 0.1) is 6.92 Å². The van der Waals surface area contributed by atoms with Crippen LogP contribution < -0.4 is 0 Å². The molecule has 1 aromatic heterocycles. The normalized spacial score (nSPS) is 10.4. The van der Waals surface area contributed by atoms with Crippen LogP contribution in [-0.2, 0) is 0 Å². The Hall–Kier alpha value is -1.88. The highest BCUT2D eigenvalue weighted by Gasteiger charge is 2.16. The summed E-state index contributed by atoms with van der Waals surface area (Å²) >= 11 is 5.93. The molecular formula is C10H7ClN2O3. The van der Waals surface area contributed by atoms with Gasteiger partial charge in [-0.1, -0.05) is 17.7 Å². The molecule has 0 fully saturated rings. The maximum absolute atomic E-state index is 10.6. The molecule has 0 aliphatic heterocycles. The van der Waals surface area contributed by atoms with Crippen LogP contribution in [0.2, 0.25) is 5.02 Å². The SMILES string of the molecule is Cc1c(Cl)cccc1-c1nnc(C(=O)O)o1. The lowest BCUT2D eigenvalue weighted by Gasteiger charge is -2.01. The van der Waals surface area contributed by atoms with Crippen molar-refractivity contribution in [2.24, 2.45) is 0 Å². The fraction of sp³-hybridized carbons (Fsp3) is 0.100. The molecule has 0 bridgehead atoms. The Labute approximate surface area is 95.7 Å². The van der Waals surface area contributed by atoms with Gasteiger partial charge in [0.05, 0.1) is 0 Å². The van der Waals surface area contributed by atoms with Crippen molar-refractivity contribution in [1.29, 1.82) is 0 Å². The van der Waals surface area contributed by atoms with Gasteiger partial charge in [-0.15, -0.1) is 10.2 Å². The number of carboxylic acid groups (broad SMARTS) is 1. The molecule has 2 aromatic rings. The third-order valence-corrected chi connectivity index (χ3v) is 2.52. The number of nitrogens with zero attached hydrogens (tertiary/aromatic N) is 2. The first kappa shape index (κ1) is 10.6. The zero-order valence-electron chi connectivity index (χ0n) is 8.27. The number of hydrogen-bond acceptors (Lipinski definition) is 4. The van der Waals surface area contributed by atoms with Gasteiger partial charge in [0.1, 0.15) is 0 Å². The van der Waals surface area contributed by atoms with Crippen molar-refractivity contribution in [1.82, 2.24) is 10.2 Å². The van der Waals surface area contributed by atoms with Gasteiger partial charge < -0.3 is 9.52 Å². The zero-order chi connectivity index (χ0) is 11.7. The molecule has 1 heterocycles. The predicted molar refractivity (Wildman–Crippen MR) is 56.4 cm³/mol. The molecule has 82 valence electrons. The van der Waals surface area contributed by atoms with E-state index in [2.05, 4.69) is 10.2 Å². The van der Waals surface area contributed by atoms with Crippen LogP contribution in [0.3, 0.4) is 0 Å². The summed E-state index contributed by atoms with van der Waals surface area (Å²) in [6.07, 6.45) is 0. The van der Waals surface area contributed by atoms with E-state index in [1.807, 2.05) is 0 Å². The number of halogens is 1. The van der Waals surface area contributed by atoms with Crippen molar-refractivity contribution in [2.45, 2.75) is 6.92 Å². The molecule has 2 rings (SSSR count). The van der Waals surface area contributed by atoms with Gasteiger partial charge in [0.2, 0.25) is 5.89 Å². The van der Waals surface area contributed by atoms with Crippen molar-refractivity contribution >= 4 is 17.6 Å². The van der Waals surface area contributed by atoms with E-state index in [4.69, 9.17) is 21.1 Å². The topological polar surface area (TPSA) is 76.2 Å². The highest BCUT2D eigenvalue weighted by Crippen LogP contribution is 2.27. The second-order valence-electron chi connectivity index (χ2n) is 3.13. The Balaban J connectivity index is 2.50. The van der Waals surface area contributed by atoms with Gasteiger partial charge in [-0.25, -0.2) is 4.79 Å². The Morgan fingerprint density at radius 2 is 2.19 bits per heavy atom. The minimum atomic E-state index is -1.25. The molecule has 6 heteroatoms. The summed E-state index contributed by atoms with van der Waals surface area (Å²) in [7, 11) is 0. The maximum Gasteiger partial charge on any atom is 0.393 e. The van der Waals surface area contributed by atoms with E-state index in [-0.39, 0.29) is 5.89 Å². The minimum absolute atomic E-state index is 0.150. The first-order valence-electron chi connectivity index (χ1n) is 4.42. The number of rotatable bonds is 2. The molecule has 0 atom stereocenters. The van der Waals surface area contributed by atoms with Gasteiger partial charge in [-0.2, -0.15) is 0 Å². The summed E-state index contributed by atoms with van der Waals surface area (Å²) in [6, 6.07) is 5.20. The third kappa shape index (κ3) is 1.77. The van der Waals surface area contributed by atoms with Gasteiger partial charge in [-0.3, -0.25) is 0 Å². The summed E-state index contributed by atoms with van der Waals surface area (Å²) in [5.41, 5.74) is 1.40. The molecule has 0 aliphatic carbocycles. The van der Waals surface area contributed by atoms with E-state index < -0.39 is 11.9 Å². The van der Waals surface area contributed by atoms with Gasteiger partial charge in [0.25, 0.3) is 0 Å². The average Bonchev–Trinajstić information content (AvgIpc) is 2.71. The molecule has 0 radical (unpaired) electrons. The Kier molecular flexibility index (Phi) is 2.62. The summed E-state index contributed by atoms with van der Waals surface area (Å²) < 4.78 is 4.99. The van der Waals surface area contributed by atoms with Crippen molar-refractivity contribution in [3.63, 3.8) is 0 Å². The predicted octanol–water partition coefficient (Wildman–Crippen LogP) is 2.40. The summed E-state index contributed by atoms with van der Waals surface area (Å²) in [6.45, 7) is 1.79. The quantitative estimate of drug-likeness (QED) is 0.869. The third-order valence-electron chi connectivity index (χ3n) is 2.11. The van der Waals surface area contributed by atoms with Crippen LogP contribution in [-0.4, -0.2) is 21.3 Å². The zero-order valence-corrected chi connectivity index (χ0v) is 9.02. The van der Waals surface area contributed by atoms with E-state index in [0.717, 1.165) is 5.56 Å². The molecule has 1 aromatic carbocycles. The largest absolute Gasteiger partial charge is 0.474 e. The van der Waals surface area contributed by atoms with Gasteiger partial charge in [0, 0.05) is 10.6 Å². The van der Waals surface area contributed by atoms with Gasteiger partial charge in [-0.05, 0) is 24.6 Å². The van der Waals surface area contributed by atoms with Crippen LogP contribution in [0.4, 0.5) is 0 Å². The summed E-state index contributed by atoms with van der Waals surface area (Å²) in [5, 5.41) is 16.3. The molecule has 1 N–H and O–H groups in total. The smallest absolute Gasteiger partial charge is 0.393 e. The minimum Gasteiger partial charge on any atom is -0.474 e. The molecule has 0 amide bonds. The van der Waals surface area contributed by atoms with Crippen molar-refractivity contribution < 1.29 is 14.3 Å². The maximum atomic E-state index is 10.6. The van der Waals surface area contributed by atoms with E-state index in [9.17, 15) is 4.79 Å². The fourth-order valence-corrected chi connectivity index (χ4v) is 1.43. The van der Waals surface area contributed by atoms with Crippen molar-refractivity contribution in [3.8, 4) is 11.5 Å². The number of carbonyl (C=O) groups is 1. The van der Waals surface area contributed by atoms with Crippen LogP contribution >= 0.6 is 11.6 Å². The summed E-state index contributed by atoms with van der Waals surface area (Å²) in [4.78, 5) is 10.6. The molecule has 0 unspecified atom stereocenters. The Bertz CT molecular complexity index is 551. The first-order chi connectivity index (χ1) is 7.59. The average molecular weight is 239 g/mol. The highest BCUT2D eigenvalue weighted by molar-refractivity contribution is 6.31. The van der Waals surface area contributed by atoms with Crippen LogP contribution in [0.15, 0.2) is 22.6 Å². The standard InChI is InChI=1S/C10H7ClN2O3/c1-5-6(3-2-4-7(5)11)8-12-13-9(16-8)10(14)15/h2-4H,1H3,(H,14,15). The van der Waals surface area contributed by atoms with Crippen molar-refractivity contribution in [2.75, 3.05) is 0 Å². The molecular weight excluding hydrogens is 232 g/mol. The van der Waals surface area contributed by atoms with Crippen molar-refractivity contribution in [3.05, 3.63) is 34.7 Å². The van der Waals surface area contributed by atoms with Gasteiger partial charge >= 0.3 is 11.9 Å². The second kappa shape index (κ2) is 3.94. The molecule has 0 saturated carbocycles. The van der Waals surface area contributed by atoms with Crippen LogP contribution in [0.5, 0.6) is 0 Å². The monoisotopic (exact) mass is 238 g/mol. The van der Waals surface area contributed by atoms with E-state index in [1.165, 1.54) is 0 Å². The lowest BCUT2D eigenvalue weighted by molar-refractivity contribution is 0.0654. The number of carboxylic acids is 1. The fourth-order valence-electron chi connectivity index (χ4n) is 1.26. The number of benzene rings is 1. The van der Waals surface area contributed by atoms with E-state index in [0.29, 0.717) is 10.6 Å². The first-order valence-corrected chi connectivity index (χ1v) is 4.79. The van der Waals surface area contributed by atoms with Gasteiger partial charge in [0.15, 0.2) is 0 Å². The molecule has 0 aliphatic rings. The number of aromatic nitrogens is 2. The second-order valence-corrected chi connectivity index (χ2v) is 3.54. The van der Waals surface area contributed by atoms with E-state index >= 15 is 0 Å². The molecule has 0 spiro atoms. The number of hydrogen-bond donors (Lipinski definition) is 1. The van der Waals surface area contributed by atoms with E-state index in [1.54, 1.807) is 25.1 Å². The molecule has 0 saturated heterocycles. The molecule has 5 nitrogen and oxygen atoms in total. The lowest BCUT2D eigenvalue weighted by atomic mass is 10.1. The lowest BCUT2D eigenvalue weighted by Crippen LogP contribution is -1.95. The molecule has 16 heavy (non-hydrogen) atoms. The summed E-state index contributed by atoms with van der Waals surface area (Å²) in [5.74, 6) is -1.54. The number of aromatic carboxylic acids is 1. The Morgan fingerprint density at radius 3 is 2.81 bits per heavy atom.